The average Bonchev–Trinajstić information content (AvgIpc) is 3.00. The van der Waals surface area contributed by atoms with Crippen LogP contribution in [0.3, 0.4) is 0 Å². The highest BCUT2D eigenvalue weighted by Crippen LogP contribution is 2.30. The summed E-state index contributed by atoms with van der Waals surface area (Å²) in [4.78, 5) is 12.7. The van der Waals surface area contributed by atoms with Crippen LogP contribution in [-0.4, -0.2) is 22.3 Å². The van der Waals surface area contributed by atoms with E-state index in [1.54, 1.807) is 0 Å². The van der Waals surface area contributed by atoms with Crippen molar-refractivity contribution < 1.29 is 9.53 Å². The van der Waals surface area contributed by atoms with Gasteiger partial charge in [-0.25, -0.2) is 4.68 Å². The highest BCUT2D eigenvalue weighted by atomic mass is 16.5. The van der Waals surface area contributed by atoms with Crippen LogP contribution in [0.25, 0.3) is 11.1 Å². The first-order chi connectivity index (χ1) is 13.0. The highest BCUT2D eigenvalue weighted by Gasteiger charge is 2.20. The molecule has 0 radical (unpaired) electrons. The van der Waals surface area contributed by atoms with Crippen molar-refractivity contribution >= 4 is 5.91 Å². The Bertz CT molecular complexity index is 929. The van der Waals surface area contributed by atoms with E-state index in [0.29, 0.717) is 11.7 Å². The summed E-state index contributed by atoms with van der Waals surface area (Å²) in [6, 6.07) is 17.8. The molecular weight excluding hydrogens is 336 g/mol. The molecule has 0 saturated heterocycles. The maximum atomic E-state index is 12.7. The largest absolute Gasteiger partial charge is 0.483 e. The van der Waals surface area contributed by atoms with E-state index in [0.717, 1.165) is 34.5 Å². The minimum atomic E-state index is -0.159. The van der Waals surface area contributed by atoms with Gasteiger partial charge in [0.1, 0.15) is 5.75 Å². The molecule has 3 rings (SSSR count). The molecule has 0 amide bonds. The van der Waals surface area contributed by atoms with Crippen molar-refractivity contribution in [3.63, 3.8) is 0 Å². The van der Waals surface area contributed by atoms with Crippen molar-refractivity contribution in [2.45, 2.75) is 40.0 Å². The van der Waals surface area contributed by atoms with Crippen LogP contribution in [0.4, 0.5) is 0 Å². The molecule has 0 aliphatic carbocycles. The SMILES string of the molecule is CCC(C)c1c(C)nn(C(=O)COc2ccccc2-c2ccccc2)c1C. The first kappa shape index (κ1) is 18.9. The number of hydrogen-bond acceptors (Lipinski definition) is 3. The zero-order valence-corrected chi connectivity index (χ0v) is 16.4. The molecule has 0 aliphatic heterocycles. The van der Waals surface area contributed by atoms with Crippen LogP contribution in [0, 0.1) is 13.8 Å². The smallest absolute Gasteiger partial charge is 0.284 e. The molecule has 0 bridgehead atoms. The topological polar surface area (TPSA) is 44.1 Å². The molecule has 0 aliphatic rings. The van der Waals surface area contributed by atoms with E-state index >= 15 is 0 Å². The second-order valence-electron chi connectivity index (χ2n) is 6.85. The van der Waals surface area contributed by atoms with Gasteiger partial charge < -0.3 is 4.74 Å². The molecule has 1 aromatic heterocycles. The van der Waals surface area contributed by atoms with E-state index in [1.807, 2.05) is 68.4 Å². The number of nitrogens with zero attached hydrogens (tertiary/aromatic N) is 2. The van der Waals surface area contributed by atoms with Crippen molar-refractivity contribution in [3.05, 3.63) is 71.5 Å². The predicted octanol–water partition coefficient (Wildman–Crippen LogP) is 5.40. The van der Waals surface area contributed by atoms with Crippen LogP contribution in [0.5, 0.6) is 5.75 Å². The van der Waals surface area contributed by atoms with Gasteiger partial charge in [0.15, 0.2) is 6.61 Å². The fourth-order valence-corrected chi connectivity index (χ4v) is 3.46. The van der Waals surface area contributed by atoms with Gasteiger partial charge in [-0.1, -0.05) is 62.4 Å². The lowest BCUT2D eigenvalue weighted by molar-refractivity contribution is 0.0818. The minimum Gasteiger partial charge on any atom is -0.483 e. The zero-order chi connectivity index (χ0) is 19.4. The molecule has 1 unspecified atom stereocenters. The number of carbonyl (C=O) groups is 1. The molecule has 3 aromatic rings. The number of benzene rings is 2. The van der Waals surface area contributed by atoms with Crippen LogP contribution in [0.15, 0.2) is 54.6 Å². The van der Waals surface area contributed by atoms with E-state index in [4.69, 9.17) is 4.74 Å². The fraction of sp³-hybridized carbons (Fsp3) is 0.304. The van der Waals surface area contributed by atoms with Gasteiger partial charge in [-0.3, -0.25) is 4.79 Å². The van der Waals surface area contributed by atoms with Crippen molar-refractivity contribution in [3.8, 4) is 16.9 Å². The second-order valence-corrected chi connectivity index (χ2v) is 6.85. The number of carbonyl (C=O) groups excluding carboxylic acids is 1. The minimum absolute atomic E-state index is 0.0498. The van der Waals surface area contributed by atoms with Gasteiger partial charge in [0.05, 0.1) is 5.69 Å². The van der Waals surface area contributed by atoms with Gasteiger partial charge in [-0.2, -0.15) is 5.10 Å². The molecule has 0 spiro atoms. The molecule has 2 aromatic carbocycles. The summed E-state index contributed by atoms with van der Waals surface area (Å²) in [6.45, 7) is 8.18. The lowest BCUT2D eigenvalue weighted by Gasteiger charge is -2.12. The summed E-state index contributed by atoms with van der Waals surface area (Å²) < 4.78 is 7.38. The molecule has 1 atom stereocenters. The van der Waals surface area contributed by atoms with Gasteiger partial charge in [0.25, 0.3) is 5.91 Å². The number of para-hydroxylation sites is 1. The van der Waals surface area contributed by atoms with Crippen LogP contribution in [-0.2, 0) is 0 Å². The zero-order valence-electron chi connectivity index (χ0n) is 16.4. The third kappa shape index (κ3) is 3.95. The Balaban J connectivity index is 1.80. The molecule has 0 saturated carbocycles. The summed E-state index contributed by atoms with van der Waals surface area (Å²) in [5, 5.41) is 4.46. The van der Waals surface area contributed by atoms with E-state index in [2.05, 4.69) is 18.9 Å². The van der Waals surface area contributed by atoms with Gasteiger partial charge >= 0.3 is 0 Å². The Morgan fingerprint density at radius 2 is 1.74 bits per heavy atom. The number of ether oxygens (including phenoxy) is 1. The van der Waals surface area contributed by atoms with E-state index in [1.165, 1.54) is 4.68 Å². The molecule has 4 nitrogen and oxygen atoms in total. The average molecular weight is 362 g/mol. The number of rotatable bonds is 6. The van der Waals surface area contributed by atoms with E-state index in [-0.39, 0.29) is 12.5 Å². The molecule has 1 heterocycles. The third-order valence-electron chi connectivity index (χ3n) is 5.01. The maximum Gasteiger partial charge on any atom is 0.284 e. The molecule has 0 N–H and O–H groups in total. The second kappa shape index (κ2) is 8.21. The molecule has 140 valence electrons. The molecular formula is C23H26N2O2. The monoisotopic (exact) mass is 362 g/mol. The normalized spacial score (nSPS) is 12.0. The van der Waals surface area contributed by atoms with Crippen molar-refractivity contribution in [1.82, 2.24) is 9.78 Å². The van der Waals surface area contributed by atoms with Crippen LogP contribution in [0.2, 0.25) is 0 Å². The van der Waals surface area contributed by atoms with E-state index < -0.39 is 0 Å². The molecule has 0 fully saturated rings. The summed E-state index contributed by atoms with van der Waals surface area (Å²) in [7, 11) is 0. The third-order valence-corrected chi connectivity index (χ3v) is 5.01. The fourth-order valence-electron chi connectivity index (χ4n) is 3.46. The Morgan fingerprint density at radius 3 is 2.44 bits per heavy atom. The molecule has 27 heavy (non-hydrogen) atoms. The lowest BCUT2D eigenvalue weighted by atomic mass is 9.97. The maximum absolute atomic E-state index is 12.7. The summed E-state index contributed by atoms with van der Waals surface area (Å²) in [5.74, 6) is 0.917. The van der Waals surface area contributed by atoms with Gasteiger partial charge in [0.2, 0.25) is 0 Å². The molecule has 4 heteroatoms. The Morgan fingerprint density at radius 1 is 1.07 bits per heavy atom. The number of hydrogen-bond donors (Lipinski definition) is 0. The van der Waals surface area contributed by atoms with E-state index in [9.17, 15) is 4.79 Å². The van der Waals surface area contributed by atoms with Gasteiger partial charge in [0, 0.05) is 11.3 Å². The Labute approximate surface area is 160 Å². The van der Waals surface area contributed by atoms with Crippen LogP contribution in [0.1, 0.15) is 47.9 Å². The Hall–Kier alpha value is -2.88. The van der Waals surface area contributed by atoms with Crippen molar-refractivity contribution in [2.75, 3.05) is 6.61 Å². The Kier molecular flexibility index (Phi) is 5.75. The quantitative estimate of drug-likeness (QED) is 0.590. The van der Waals surface area contributed by atoms with Gasteiger partial charge in [-0.05, 0) is 43.4 Å². The summed E-state index contributed by atoms with van der Waals surface area (Å²) in [6.07, 6.45) is 1.02. The first-order valence-electron chi connectivity index (χ1n) is 9.39. The predicted molar refractivity (Wildman–Crippen MR) is 108 cm³/mol. The highest BCUT2D eigenvalue weighted by molar-refractivity contribution is 5.81. The lowest BCUT2D eigenvalue weighted by Crippen LogP contribution is -2.22. The first-order valence-corrected chi connectivity index (χ1v) is 9.39. The van der Waals surface area contributed by atoms with Crippen molar-refractivity contribution in [1.29, 1.82) is 0 Å². The standard InChI is InChI=1S/C23H26N2O2/c1-5-16(2)23-17(3)24-25(18(23)4)22(26)15-27-21-14-10-9-13-20(21)19-11-7-6-8-12-19/h6-14,16H,5,15H2,1-4H3. The number of aryl methyl sites for hydroxylation is 1. The van der Waals surface area contributed by atoms with Crippen molar-refractivity contribution in [2.24, 2.45) is 0 Å². The van der Waals surface area contributed by atoms with Crippen LogP contribution >= 0.6 is 0 Å². The summed E-state index contributed by atoms with van der Waals surface area (Å²) >= 11 is 0. The van der Waals surface area contributed by atoms with Gasteiger partial charge in [-0.15, -0.1) is 0 Å². The summed E-state index contributed by atoms with van der Waals surface area (Å²) in [5.41, 5.74) is 5.02. The number of aromatic nitrogens is 2. The van der Waals surface area contributed by atoms with Crippen LogP contribution < -0.4 is 4.74 Å².